The maximum Gasteiger partial charge on any atom is 0.356 e. The van der Waals surface area contributed by atoms with E-state index in [9.17, 15) is 23.9 Å². The van der Waals surface area contributed by atoms with Gasteiger partial charge < -0.3 is 9.79 Å². The Morgan fingerprint density at radius 2 is 1.06 bits per heavy atom. The highest BCUT2D eigenvalue weighted by Gasteiger charge is 2.32. The molecule has 0 saturated carbocycles. The molecule has 2 N–H and O–H groups in total. The van der Waals surface area contributed by atoms with Gasteiger partial charge in [-0.15, -0.1) is 0 Å². The number of aryl methyl sites for hydroxylation is 6. The molecule has 0 amide bonds. The lowest BCUT2D eigenvalue weighted by Crippen LogP contribution is -2.24. The Balaban J connectivity index is 2.35. The molecule has 0 fully saturated rings. The van der Waals surface area contributed by atoms with E-state index >= 15 is 0 Å². The zero-order chi connectivity index (χ0) is 24.0. The van der Waals surface area contributed by atoms with Gasteiger partial charge in [-0.2, -0.15) is 0 Å². The third kappa shape index (κ3) is 4.37. The van der Waals surface area contributed by atoms with E-state index in [0.717, 1.165) is 22.3 Å². The van der Waals surface area contributed by atoms with Gasteiger partial charge in [0.15, 0.2) is 11.6 Å². The first-order valence-corrected chi connectivity index (χ1v) is 11.9. The fourth-order valence-corrected chi connectivity index (χ4v) is 5.34. The molecule has 166 valence electrons. The van der Waals surface area contributed by atoms with E-state index < -0.39 is 24.5 Å². The molecule has 0 spiro atoms. The number of carbonyl (C=O) groups excluding carboxylic acids is 2. The maximum atomic E-state index is 13.8. The number of rotatable bonds is 5. The summed E-state index contributed by atoms with van der Waals surface area (Å²) < 4.78 is 12.3. The van der Waals surface area contributed by atoms with Crippen LogP contribution < -0.4 is 5.30 Å². The van der Waals surface area contributed by atoms with E-state index in [0.29, 0.717) is 22.3 Å². The molecule has 0 unspecified atom stereocenters. The number of benzene rings is 3. The number of carbonyl (C=O) groups is 2. The minimum Gasteiger partial charge on any atom is -0.321 e. The second kappa shape index (κ2) is 8.59. The van der Waals surface area contributed by atoms with Crippen molar-refractivity contribution < 1.29 is 23.9 Å². The van der Waals surface area contributed by atoms with Crippen LogP contribution in [0.25, 0.3) is 0 Å². The van der Waals surface area contributed by atoms with Crippen LogP contribution in [0.4, 0.5) is 0 Å². The molecule has 0 aliphatic heterocycles. The van der Waals surface area contributed by atoms with Crippen LogP contribution in [0.1, 0.15) is 65.2 Å². The van der Waals surface area contributed by atoms with Crippen LogP contribution in [0.15, 0.2) is 42.5 Å². The summed E-state index contributed by atoms with van der Waals surface area (Å²) in [6.45, 7) is 11.0. The molecule has 6 heteroatoms. The van der Waals surface area contributed by atoms with Crippen LogP contribution >= 0.6 is 7.60 Å². The van der Waals surface area contributed by atoms with Crippen LogP contribution in [-0.4, -0.2) is 21.4 Å². The van der Waals surface area contributed by atoms with Crippen molar-refractivity contribution in [3.05, 3.63) is 98.1 Å². The molecule has 0 aromatic heterocycles. The monoisotopic (exact) mass is 450 g/mol. The van der Waals surface area contributed by atoms with Gasteiger partial charge in [-0.25, -0.2) is 0 Å². The van der Waals surface area contributed by atoms with Crippen molar-refractivity contribution in [2.24, 2.45) is 0 Å². The third-order valence-electron chi connectivity index (χ3n) is 5.64. The average Bonchev–Trinajstić information content (AvgIpc) is 2.64. The van der Waals surface area contributed by atoms with E-state index in [-0.39, 0.29) is 11.1 Å². The summed E-state index contributed by atoms with van der Waals surface area (Å²) in [4.78, 5) is 47.4. The topological polar surface area (TPSA) is 91.7 Å². The Morgan fingerprint density at radius 1 is 0.656 bits per heavy atom. The zero-order valence-electron chi connectivity index (χ0n) is 19.1. The normalized spacial score (nSPS) is 11.5. The molecule has 32 heavy (non-hydrogen) atoms. The van der Waals surface area contributed by atoms with Crippen LogP contribution in [0.2, 0.25) is 0 Å². The first-order valence-electron chi connectivity index (χ1n) is 10.3. The minimum atomic E-state index is -4.83. The SMILES string of the molecule is Cc1cc(C)c(C(=O)c2cccc(P(=O)(O)O)c2C(=O)c2c(C)cc(C)cc2C)c(C)c1. The quantitative estimate of drug-likeness (QED) is 0.430. The van der Waals surface area contributed by atoms with Crippen molar-refractivity contribution in [1.82, 2.24) is 0 Å². The molecular formula is C26H27O5P. The van der Waals surface area contributed by atoms with E-state index in [1.165, 1.54) is 18.2 Å². The van der Waals surface area contributed by atoms with Gasteiger partial charge in [0.1, 0.15) is 0 Å². The average molecular weight is 450 g/mol. The van der Waals surface area contributed by atoms with Crippen molar-refractivity contribution in [2.45, 2.75) is 41.5 Å². The lowest BCUT2D eigenvalue weighted by molar-refractivity contribution is 0.100. The lowest BCUT2D eigenvalue weighted by Gasteiger charge is -2.18. The van der Waals surface area contributed by atoms with Gasteiger partial charge in [-0.3, -0.25) is 14.2 Å². The van der Waals surface area contributed by atoms with Gasteiger partial charge in [0.2, 0.25) is 0 Å². The molecular weight excluding hydrogens is 423 g/mol. The van der Waals surface area contributed by atoms with Crippen LogP contribution in [0, 0.1) is 41.5 Å². The zero-order valence-corrected chi connectivity index (χ0v) is 20.0. The van der Waals surface area contributed by atoms with Gasteiger partial charge in [-0.1, -0.05) is 47.5 Å². The number of hydrogen-bond donors (Lipinski definition) is 2. The molecule has 0 aliphatic carbocycles. The first-order chi connectivity index (χ1) is 14.8. The van der Waals surface area contributed by atoms with Crippen molar-refractivity contribution in [3.8, 4) is 0 Å². The smallest absolute Gasteiger partial charge is 0.321 e. The largest absolute Gasteiger partial charge is 0.356 e. The second-order valence-electron chi connectivity index (χ2n) is 8.45. The Kier molecular flexibility index (Phi) is 6.39. The molecule has 0 saturated heterocycles. The summed E-state index contributed by atoms with van der Waals surface area (Å²) in [5.74, 6) is -0.995. The summed E-state index contributed by atoms with van der Waals surface area (Å²) in [5, 5.41) is -0.435. The van der Waals surface area contributed by atoms with E-state index in [1.54, 1.807) is 13.8 Å². The lowest BCUT2D eigenvalue weighted by atomic mass is 9.87. The molecule has 5 nitrogen and oxygen atoms in total. The highest BCUT2D eigenvalue weighted by Crippen LogP contribution is 2.37. The van der Waals surface area contributed by atoms with Crippen molar-refractivity contribution in [1.29, 1.82) is 0 Å². The summed E-state index contributed by atoms with van der Waals surface area (Å²) in [7, 11) is -4.83. The summed E-state index contributed by atoms with van der Waals surface area (Å²) in [6, 6.07) is 11.5. The predicted molar refractivity (Wildman–Crippen MR) is 126 cm³/mol. The molecule has 0 radical (unpaired) electrons. The van der Waals surface area contributed by atoms with E-state index in [1.807, 2.05) is 52.0 Å². The van der Waals surface area contributed by atoms with Crippen LogP contribution in [0.3, 0.4) is 0 Å². The van der Waals surface area contributed by atoms with Crippen molar-refractivity contribution >= 4 is 24.5 Å². The third-order valence-corrected chi connectivity index (χ3v) is 6.64. The minimum absolute atomic E-state index is 0.00902. The molecule has 0 bridgehead atoms. The summed E-state index contributed by atoms with van der Waals surface area (Å²) in [6.07, 6.45) is 0. The standard InChI is InChI=1S/C26H27O5P/c1-14-10-16(3)22(17(4)11-14)25(27)20-8-7-9-21(32(29,30)31)24(20)26(28)23-18(5)12-15(2)13-19(23)6/h7-13H,1-6H3,(H2,29,30,31). The molecule has 3 rings (SSSR count). The first kappa shape index (κ1) is 23.8. The fraction of sp³-hybridized carbons (Fsp3) is 0.231. The Labute approximate surface area is 188 Å². The van der Waals surface area contributed by atoms with Gasteiger partial charge in [0, 0.05) is 22.3 Å². The molecule has 3 aromatic carbocycles. The highest BCUT2D eigenvalue weighted by atomic mass is 31.2. The number of ketones is 2. The highest BCUT2D eigenvalue weighted by molar-refractivity contribution is 7.60. The Morgan fingerprint density at radius 3 is 1.47 bits per heavy atom. The predicted octanol–water partition coefficient (Wildman–Crippen LogP) is 4.80. The van der Waals surface area contributed by atoms with Gasteiger partial charge in [0.25, 0.3) is 0 Å². The van der Waals surface area contributed by atoms with Gasteiger partial charge in [0.05, 0.1) is 5.30 Å². The number of hydrogen-bond acceptors (Lipinski definition) is 3. The van der Waals surface area contributed by atoms with Crippen molar-refractivity contribution in [2.75, 3.05) is 0 Å². The Hall–Kier alpha value is -2.85. The van der Waals surface area contributed by atoms with Gasteiger partial charge >= 0.3 is 7.60 Å². The van der Waals surface area contributed by atoms with Crippen molar-refractivity contribution in [3.63, 3.8) is 0 Å². The van der Waals surface area contributed by atoms with Crippen LogP contribution in [-0.2, 0) is 4.57 Å². The molecule has 3 aromatic rings. The van der Waals surface area contributed by atoms with Gasteiger partial charge in [-0.05, 0) is 69.9 Å². The summed E-state index contributed by atoms with van der Waals surface area (Å²) in [5.41, 5.74) is 5.39. The van der Waals surface area contributed by atoms with Crippen LogP contribution in [0.5, 0.6) is 0 Å². The second-order valence-corrected chi connectivity index (χ2v) is 10.0. The Bertz CT molecular complexity index is 1270. The fourth-order valence-electron chi connectivity index (χ4n) is 4.55. The summed E-state index contributed by atoms with van der Waals surface area (Å²) >= 11 is 0. The van der Waals surface area contributed by atoms with E-state index in [2.05, 4.69) is 0 Å². The van der Waals surface area contributed by atoms with E-state index in [4.69, 9.17) is 0 Å². The molecule has 0 heterocycles. The maximum absolute atomic E-state index is 13.8. The molecule has 0 atom stereocenters. The molecule has 0 aliphatic rings.